The Morgan fingerprint density at radius 2 is 1.95 bits per heavy atom. The Balaban J connectivity index is 2.28. The first-order chi connectivity index (χ1) is 10.1. The van der Waals surface area contributed by atoms with Gasteiger partial charge in [-0.1, -0.05) is 0 Å². The highest BCUT2D eigenvalue weighted by atomic mass is 16.5. The molecule has 1 aromatic carbocycles. The number of carbonyl (C=O) groups is 1. The van der Waals surface area contributed by atoms with Crippen molar-refractivity contribution in [2.24, 2.45) is 0 Å². The molecular weight excluding hydrogens is 272 g/mol. The number of methoxy groups -OCH3 is 2. The van der Waals surface area contributed by atoms with Gasteiger partial charge in [0.1, 0.15) is 11.5 Å². The molecular formula is C15H22N2O4. The van der Waals surface area contributed by atoms with Crippen LogP contribution >= 0.6 is 0 Å². The summed E-state index contributed by atoms with van der Waals surface area (Å²) in [4.78, 5) is 14.4. The number of benzene rings is 1. The molecule has 1 aliphatic rings. The van der Waals surface area contributed by atoms with Crippen molar-refractivity contribution in [1.82, 2.24) is 4.90 Å². The highest BCUT2D eigenvalue weighted by Gasteiger charge is 2.26. The first kappa shape index (κ1) is 15.4. The zero-order chi connectivity index (χ0) is 15.4. The van der Waals surface area contributed by atoms with Gasteiger partial charge < -0.3 is 24.8 Å². The number of amides is 1. The summed E-state index contributed by atoms with van der Waals surface area (Å²) in [6, 6.07) is 3.49. The van der Waals surface area contributed by atoms with E-state index in [4.69, 9.17) is 19.9 Å². The van der Waals surface area contributed by atoms with E-state index in [0.29, 0.717) is 36.0 Å². The second-order valence-corrected chi connectivity index (χ2v) is 5.05. The van der Waals surface area contributed by atoms with E-state index in [0.717, 1.165) is 12.8 Å². The Morgan fingerprint density at radius 1 is 1.29 bits per heavy atom. The van der Waals surface area contributed by atoms with Crippen molar-refractivity contribution >= 4 is 11.6 Å². The van der Waals surface area contributed by atoms with E-state index in [1.165, 1.54) is 7.11 Å². The monoisotopic (exact) mass is 294 g/mol. The van der Waals surface area contributed by atoms with E-state index < -0.39 is 0 Å². The molecule has 21 heavy (non-hydrogen) atoms. The maximum absolute atomic E-state index is 12.7. The Kier molecular flexibility index (Phi) is 4.90. The van der Waals surface area contributed by atoms with Gasteiger partial charge in [-0.3, -0.25) is 4.79 Å². The highest BCUT2D eigenvalue weighted by Crippen LogP contribution is 2.32. The molecule has 1 heterocycles. The van der Waals surface area contributed by atoms with Crippen LogP contribution in [0.1, 0.15) is 23.2 Å². The highest BCUT2D eigenvalue weighted by molar-refractivity contribution is 6.01. The molecule has 0 unspecified atom stereocenters. The van der Waals surface area contributed by atoms with Gasteiger partial charge in [-0.05, 0) is 18.9 Å². The summed E-state index contributed by atoms with van der Waals surface area (Å²) in [6.07, 6.45) is 1.67. The van der Waals surface area contributed by atoms with Crippen LogP contribution in [-0.4, -0.2) is 51.3 Å². The summed E-state index contributed by atoms with van der Waals surface area (Å²) >= 11 is 0. The van der Waals surface area contributed by atoms with Gasteiger partial charge >= 0.3 is 0 Å². The molecule has 6 nitrogen and oxygen atoms in total. The van der Waals surface area contributed by atoms with Crippen LogP contribution in [-0.2, 0) is 4.74 Å². The summed E-state index contributed by atoms with van der Waals surface area (Å²) in [7, 11) is 4.85. The lowest BCUT2D eigenvalue weighted by molar-refractivity contribution is 0.0362. The summed E-state index contributed by atoms with van der Waals surface area (Å²) in [5.74, 6) is 0.861. The predicted octanol–water partition coefficient (Wildman–Crippen LogP) is 1.54. The number of ether oxygens (including phenoxy) is 3. The summed E-state index contributed by atoms with van der Waals surface area (Å²) in [6.45, 7) is 1.36. The number of hydrogen-bond acceptors (Lipinski definition) is 5. The number of nitrogens with zero attached hydrogens (tertiary/aromatic N) is 1. The van der Waals surface area contributed by atoms with E-state index in [9.17, 15) is 4.79 Å². The molecule has 1 aliphatic heterocycles. The van der Waals surface area contributed by atoms with E-state index in [1.54, 1.807) is 31.2 Å². The van der Waals surface area contributed by atoms with Gasteiger partial charge in [-0.2, -0.15) is 0 Å². The van der Waals surface area contributed by atoms with Gasteiger partial charge in [0.15, 0.2) is 0 Å². The molecule has 1 fully saturated rings. The SMILES string of the molecule is COc1cc(OC)c(N)c(C(=O)N(C)C2CCOCC2)c1. The van der Waals surface area contributed by atoms with Crippen LogP contribution in [0.4, 0.5) is 5.69 Å². The fraction of sp³-hybridized carbons (Fsp3) is 0.533. The molecule has 1 aromatic rings. The van der Waals surface area contributed by atoms with Gasteiger partial charge in [0.05, 0.1) is 25.5 Å². The average molecular weight is 294 g/mol. The third kappa shape index (κ3) is 3.21. The quantitative estimate of drug-likeness (QED) is 0.853. The molecule has 0 atom stereocenters. The lowest BCUT2D eigenvalue weighted by Gasteiger charge is -2.31. The molecule has 2 rings (SSSR count). The van der Waals surface area contributed by atoms with Crippen molar-refractivity contribution < 1.29 is 19.0 Å². The second kappa shape index (κ2) is 6.67. The Labute approximate surface area is 124 Å². The van der Waals surface area contributed by atoms with Gasteiger partial charge in [-0.25, -0.2) is 0 Å². The van der Waals surface area contributed by atoms with Crippen LogP contribution in [0.15, 0.2) is 12.1 Å². The van der Waals surface area contributed by atoms with Crippen molar-refractivity contribution in [1.29, 1.82) is 0 Å². The van der Waals surface area contributed by atoms with Crippen molar-refractivity contribution in [2.45, 2.75) is 18.9 Å². The molecule has 0 aromatic heterocycles. The lowest BCUT2D eigenvalue weighted by Crippen LogP contribution is -2.40. The fourth-order valence-corrected chi connectivity index (χ4v) is 2.49. The molecule has 2 N–H and O–H groups in total. The maximum atomic E-state index is 12.7. The normalized spacial score (nSPS) is 15.6. The molecule has 1 amide bonds. The number of nitrogen functional groups attached to an aromatic ring is 1. The molecule has 0 aliphatic carbocycles. The minimum absolute atomic E-state index is 0.128. The summed E-state index contributed by atoms with van der Waals surface area (Å²) < 4.78 is 15.7. The van der Waals surface area contributed by atoms with E-state index in [-0.39, 0.29) is 11.9 Å². The molecule has 0 bridgehead atoms. The maximum Gasteiger partial charge on any atom is 0.256 e. The van der Waals surface area contributed by atoms with Crippen LogP contribution in [0.25, 0.3) is 0 Å². The standard InChI is InChI=1S/C15H22N2O4/c1-17(10-4-6-21-7-5-10)15(18)12-8-11(19-2)9-13(20-3)14(12)16/h8-10H,4-7,16H2,1-3H3. The third-order valence-electron chi connectivity index (χ3n) is 3.86. The van der Waals surface area contributed by atoms with Crippen LogP contribution in [0.2, 0.25) is 0 Å². The largest absolute Gasteiger partial charge is 0.497 e. The van der Waals surface area contributed by atoms with Crippen molar-refractivity contribution in [3.8, 4) is 11.5 Å². The van der Waals surface area contributed by atoms with Gasteiger partial charge in [0.25, 0.3) is 5.91 Å². The predicted molar refractivity (Wildman–Crippen MR) is 79.9 cm³/mol. The summed E-state index contributed by atoms with van der Waals surface area (Å²) in [5, 5.41) is 0. The number of nitrogens with two attached hydrogens (primary N) is 1. The third-order valence-corrected chi connectivity index (χ3v) is 3.86. The molecule has 1 saturated heterocycles. The van der Waals surface area contributed by atoms with Crippen molar-refractivity contribution in [3.63, 3.8) is 0 Å². The molecule has 0 saturated carbocycles. The van der Waals surface area contributed by atoms with Gasteiger partial charge in [0, 0.05) is 32.4 Å². The molecule has 0 radical (unpaired) electrons. The average Bonchev–Trinajstić information content (AvgIpc) is 2.54. The molecule has 116 valence electrons. The van der Waals surface area contributed by atoms with Crippen molar-refractivity contribution in [2.75, 3.05) is 40.2 Å². The van der Waals surface area contributed by atoms with Gasteiger partial charge in [0.2, 0.25) is 0 Å². The number of hydrogen-bond donors (Lipinski definition) is 1. The zero-order valence-corrected chi connectivity index (χ0v) is 12.7. The number of rotatable bonds is 4. The minimum atomic E-state index is -0.128. The molecule has 0 spiro atoms. The van der Waals surface area contributed by atoms with Gasteiger partial charge in [-0.15, -0.1) is 0 Å². The molecule has 6 heteroatoms. The Bertz CT molecular complexity index is 513. The smallest absolute Gasteiger partial charge is 0.256 e. The van der Waals surface area contributed by atoms with Crippen LogP contribution in [0.5, 0.6) is 11.5 Å². The Morgan fingerprint density at radius 3 is 2.52 bits per heavy atom. The van der Waals surface area contributed by atoms with Crippen LogP contribution in [0.3, 0.4) is 0 Å². The van der Waals surface area contributed by atoms with E-state index in [2.05, 4.69) is 0 Å². The second-order valence-electron chi connectivity index (χ2n) is 5.05. The lowest BCUT2D eigenvalue weighted by atomic mass is 10.0. The number of anilines is 1. The topological polar surface area (TPSA) is 74.0 Å². The first-order valence-corrected chi connectivity index (χ1v) is 6.95. The first-order valence-electron chi connectivity index (χ1n) is 6.95. The van der Waals surface area contributed by atoms with E-state index in [1.807, 2.05) is 0 Å². The zero-order valence-electron chi connectivity index (χ0n) is 12.7. The van der Waals surface area contributed by atoms with E-state index >= 15 is 0 Å². The Hall–Kier alpha value is -1.95. The number of carbonyl (C=O) groups excluding carboxylic acids is 1. The van der Waals surface area contributed by atoms with Crippen LogP contribution in [0, 0.1) is 0 Å². The minimum Gasteiger partial charge on any atom is -0.497 e. The fourth-order valence-electron chi connectivity index (χ4n) is 2.49. The summed E-state index contributed by atoms with van der Waals surface area (Å²) in [5.41, 5.74) is 6.77. The van der Waals surface area contributed by atoms with Crippen molar-refractivity contribution in [3.05, 3.63) is 17.7 Å². The van der Waals surface area contributed by atoms with Crippen LogP contribution < -0.4 is 15.2 Å².